The first-order chi connectivity index (χ1) is 12.8. The zero-order chi connectivity index (χ0) is 19.8. The van der Waals surface area contributed by atoms with Crippen molar-refractivity contribution in [2.45, 2.75) is 39.3 Å². The van der Waals surface area contributed by atoms with Gasteiger partial charge in [0.05, 0.1) is 5.56 Å². The molecule has 0 radical (unpaired) electrons. The van der Waals surface area contributed by atoms with Crippen LogP contribution in [0.1, 0.15) is 55.4 Å². The number of alkyl halides is 3. The van der Waals surface area contributed by atoms with Gasteiger partial charge in [-0.1, -0.05) is 42.0 Å². The molecule has 3 rings (SSSR count). The molecule has 2 aromatic carbocycles. The first-order valence-electron chi connectivity index (χ1n) is 9.02. The van der Waals surface area contributed by atoms with Gasteiger partial charge >= 0.3 is 6.18 Å². The van der Waals surface area contributed by atoms with E-state index in [0.717, 1.165) is 51.1 Å². The van der Waals surface area contributed by atoms with Gasteiger partial charge in [0, 0.05) is 12.5 Å². The predicted octanol–water partition coefficient (Wildman–Crippen LogP) is 6.45. The molecule has 4 heteroatoms. The molecule has 1 aliphatic carbocycles. The summed E-state index contributed by atoms with van der Waals surface area (Å²) in [5, 5.41) is 9.63. The minimum Gasteiger partial charge on any atom is -0.396 e. The number of fused-ring (bicyclic) bond motifs is 1. The Morgan fingerprint density at radius 1 is 1.00 bits per heavy atom. The molecular formula is C23H23F3O. The van der Waals surface area contributed by atoms with Crippen LogP contribution in [0.15, 0.2) is 59.7 Å². The Bertz CT molecular complexity index is 898. The van der Waals surface area contributed by atoms with Crippen molar-refractivity contribution in [3.05, 3.63) is 81.9 Å². The van der Waals surface area contributed by atoms with Crippen LogP contribution in [0.5, 0.6) is 0 Å². The van der Waals surface area contributed by atoms with Gasteiger partial charge in [-0.15, -0.1) is 0 Å². The Kier molecular flexibility index (Phi) is 5.29. The van der Waals surface area contributed by atoms with Gasteiger partial charge in [-0.25, -0.2) is 0 Å². The zero-order valence-corrected chi connectivity index (χ0v) is 15.7. The van der Waals surface area contributed by atoms with Crippen LogP contribution < -0.4 is 0 Å². The maximum absolute atomic E-state index is 13.0. The Hall–Kier alpha value is -2.33. The van der Waals surface area contributed by atoms with Gasteiger partial charge in [-0.3, -0.25) is 0 Å². The summed E-state index contributed by atoms with van der Waals surface area (Å²) >= 11 is 0. The minimum atomic E-state index is -4.35. The molecule has 0 aliphatic heterocycles. The molecule has 1 unspecified atom stereocenters. The molecule has 0 bridgehead atoms. The number of aliphatic hydroxyl groups excluding tert-OH is 1. The maximum Gasteiger partial charge on any atom is 0.416 e. The highest BCUT2D eigenvalue weighted by atomic mass is 19.4. The molecule has 1 N–H and O–H groups in total. The molecule has 0 heterocycles. The van der Waals surface area contributed by atoms with Crippen LogP contribution in [0.4, 0.5) is 13.2 Å². The van der Waals surface area contributed by atoms with E-state index in [1.54, 1.807) is 12.1 Å². The largest absolute Gasteiger partial charge is 0.416 e. The molecule has 27 heavy (non-hydrogen) atoms. The first kappa shape index (κ1) is 19.4. The standard InChI is InChI=1S/C23H23F3O/c1-14(2)21-20(12-13-27)19-7-5-4-6-18(19)15(3)22(21)16-8-10-17(11-9-16)23(24,25)26/h4-11,20,27H,12-13H2,1-3H3. The van der Waals surface area contributed by atoms with Crippen molar-refractivity contribution in [1.82, 2.24) is 0 Å². The van der Waals surface area contributed by atoms with E-state index < -0.39 is 11.7 Å². The van der Waals surface area contributed by atoms with Gasteiger partial charge in [0.1, 0.15) is 0 Å². The highest BCUT2D eigenvalue weighted by Crippen LogP contribution is 2.49. The van der Waals surface area contributed by atoms with Gasteiger partial charge in [0.15, 0.2) is 0 Å². The summed E-state index contributed by atoms with van der Waals surface area (Å²) in [5.41, 5.74) is 6.61. The van der Waals surface area contributed by atoms with Gasteiger partial charge in [0.25, 0.3) is 0 Å². The normalized spacial score (nSPS) is 17.1. The molecule has 0 spiro atoms. The van der Waals surface area contributed by atoms with E-state index in [4.69, 9.17) is 0 Å². The van der Waals surface area contributed by atoms with E-state index >= 15 is 0 Å². The lowest BCUT2D eigenvalue weighted by atomic mass is 9.71. The summed E-state index contributed by atoms with van der Waals surface area (Å²) in [6, 6.07) is 13.5. The van der Waals surface area contributed by atoms with Crippen molar-refractivity contribution in [2.24, 2.45) is 0 Å². The van der Waals surface area contributed by atoms with Crippen molar-refractivity contribution in [1.29, 1.82) is 0 Å². The third kappa shape index (κ3) is 3.59. The Balaban J connectivity index is 2.24. The van der Waals surface area contributed by atoms with Crippen molar-refractivity contribution in [2.75, 3.05) is 6.61 Å². The lowest BCUT2D eigenvalue weighted by Gasteiger charge is -2.33. The van der Waals surface area contributed by atoms with Crippen molar-refractivity contribution >= 4 is 11.1 Å². The van der Waals surface area contributed by atoms with Crippen LogP contribution in [0.3, 0.4) is 0 Å². The number of aliphatic hydroxyl groups is 1. The summed E-state index contributed by atoms with van der Waals surface area (Å²) < 4.78 is 38.9. The average molecular weight is 372 g/mol. The van der Waals surface area contributed by atoms with Gasteiger partial charge in [-0.05, 0) is 72.7 Å². The van der Waals surface area contributed by atoms with E-state index in [-0.39, 0.29) is 12.5 Å². The monoisotopic (exact) mass is 372 g/mol. The van der Waals surface area contributed by atoms with Gasteiger partial charge < -0.3 is 5.11 Å². The van der Waals surface area contributed by atoms with Crippen LogP contribution in [0.25, 0.3) is 11.1 Å². The summed E-state index contributed by atoms with van der Waals surface area (Å²) in [6.45, 7) is 6.11. The number of hydrogen-bond donors (Lipinski definition) is 1. The van der Waals surface area contributed by atoms with Crippen LogP contribution in [0, 0.1) is 0 Å². The Labute approximate surface area is 157 Å². The SMILES string of the molecule is CC(C)=C1C(c2ccc(C(F)(F)F)cc2)=C(C)c2ccccc2C1CCO. The van der Waals surface area contributed by atoms with E-state index in [1.165, 1.54) is 0 Å². The molecule has 0 amide bonds. The second-order valence-corrected chi connectivity index (χ2v) is 7.14. The van der Waals surface area contributed by atoms with E-state index in [2.05, 4.69) is 6.07 Å². The highest BCUT2D eigenvalue weighted by Gasteiger charge is 2.32. The number of rotatable bonds is 3. The molecule has 0 saturated carbocycles. The number of hydrogen-bond acceptors (Lipinski definition) is 1. The van der Waals surface area contributed by atoms with Crippen LogP contribution in [-0.2, 0) is 6.18 Å². The summed E-state index contributed by atoms with van der Waals surface area (Å²) in [5.74, 6) is 0.0252. The Morgan fingerprint density at radius 3 is 2.19 bits per heavy atom. The quantitative estimate of drug-likeness (QED) is 0.656. The van der Waals surface area contributed by atoms with E-state index in [9.17, 15) is 18.3 Å². The van der Waals surface area contributed by atoms with Crippen molar-refractivity contribution in [3.8, 4) is 0 Å². The second kappa shape index (κ2) is 7.35. The van der Waals surface area contributed by atoms with Crippen LogP contribution >= 0.6 is 0 Å². The molecular weight excluding hydrogens is 349 g/mol. The first-order valence-corrected chi connectivity index (χ1v) is 9.02. The fourth-order valence-electron chi connectivity index (χ4n) is 4.03. The smallest absolute Gasteiger partial charge is 0.396 e. The number of allylic oxidation sites excluding steroid dienone is 4. The molecule has 1 atom stereocenters. The molecule has 142 valence electrons. The fraction of sp³-hybridized carbons (Fsp3) is 0.304. The maximum atomic E-state index is 13.0. The second-order valence-electron chi connectivity index (χ2n) is 7.14. The van der Waals surface area contributed by atoms with Crippen molar-refractivity contribution in [3.63, 3.8) is 0 Å². The third-order valence-corrected chi connectivity index (χ3v) is 5.19. The van der Waals surface area contributed by atoms with Gasteiger partial charge in [0.2, 0.25) is 0 Å². The molecule has 1 aliphatic rings. The molecule has 0 aromatic heterocycles. The molecule has 0 fully saturated rings. The van der Waals surface area contributed by atoms with Gasteiger partial charge in [-0.2, -0.15) is 13.2 Å². The lowest BCUT2D eigenvalue weighted by Crippen LogP contribution is -2.16. The van der Waals surface area contributed by atoms with Crippen LogP contribution in [-0.4, -0.2) is 11.7 Å². The van der Waals surface area contributed by atoms with Crippen LogP contribution in [0.2, 0.25) is 0 Å². The molecule has 1 nitrogen and oxygen atoms in total. The zero-order valence-electron chi connectivity index (χ0n) is 15.7. The topological polar surface area (TPSA) is 20.2 Å². The summed E-state index contributed by atoms with van der Waals surface area (Å²) in [4.78, 5) is 0. The number of benzene rings is 2. The van der Waals surface area contributed by atoms with Crippen molar-refractivity contribution < 1.29 is 18.3 Å². The van der Waals surface area contributed by atoms with E-state index in [0.29, 0.717) is 6.42 Å². The number of halogens is 3. The predicted molar refractivity (Wildman–Crippen MR) is 103 cm³/mol. The minimum absolute atomic E-state index is 0.0252. The summed E-state index contributed by atoms with van der Waals surface area (Å²) in [7, 11) is 0. The Morgan fingerprint density at radius 2 is 1.63 bits per heavy atom. The summed E-state index contributed by atoms with van der Waals surface area (Å²) in [6.07, 6.45) is -3.77. The lowest BCUT2D eigenvalue weighted by molar-refractivity contribution is -0.137. The highest BCUT2D eigenvalue weighted by molar-refractivity contribution is 6.01. The average Bonchev–Trinajstić information content (AvgIpc) is 2.63. The van der Waals surface area contributed by atoms with E-state index in [1.807, 2.05) is 39.0 Å². The molecule has 0 saturated heterocycles. The molecule has 2 aromatic rings. The fourth-order valence-corrected chi connectivity index (χ4v) is 4.03. The third-order valence-electron chi connectivity index (χ3n) is 5.19.